The van der Waals surface area contributed by atoms with Gasteiger partial charge in [0.05, 0.1) is 17.5 Å². The van der Waals surface area contributed by atoms with Gasteiger partial charge in [-0.25, -0.2) is 4.98 Å². The number of ether oxygens (including phenoxy) is 1. The van der Waals surface area contributed by atoms with Crippen LogP contribution >= 0.6 is 11.6 Å². The second-order valence-corrected chi connectivity index (χ2v) is 5.62. The Morgan fingerprint density at radius 2 is 1.86 bits per heavy atom. The second kappa shape index (κ2) is 6.20. The fraction of sp³-hybridized carbons (Fsp3) is 0.176. The maximum atomic E-state index is 6.22. The molecule has 112 valence electrons. The molecule has 0 fully saturated rings. The molecule has 0 amide bonds. The predicted octanol–water partition coefficient (Wildman–Crippen LogP) is 4.58. The van der Waals surface area contributed by atoms with Crippen LogP contribution in [-0.2, 0) is 0 Å². The summed E-state index contributed by atoms with van der Waals surface area (Å²) < 4.78 is 5.54. The molecule has 0 atom stereocenters. The fourth-order valence-electron chi connectivity index (χ4n) is 2.11. The van der Waals surface area contributed by atoms with Crippen molar-refractivity contribution in [2.45, 2.75) is 20.0 Å². The number of hydrogen-bond acceptors (Lipinski definition) is 3. The Morgan fingerprint density at radius 3 is 2.55 bits per heavy atom. The fourth-order valence-corrected chi connectivity index (χ4v) is 2.32. The second-order valence-electron chi connectivity index (χ2n) is 5.21. The monoisotopic (exact) mass is 313 g/mol. The van der Waals surface area contributed by atoms with Crippen molar-refractivity contribution in [3.05, 3.63) is 53.7 Å². The molecular weight excluding hydrogens is 298 g/mol. The first kappa shape index (κ1) is 14.6. The summed E-state index contributed by atoms with van der Waals surface area (Å²) in [6.07, 6.45) is 1.75. The molecule has 2 aromatic heterocycles. The van der Waals surface area contributed by atoms with E-state index in [1.54, 1.807) is 6.20 Å². The van der Waals surface area contributed by atoms with Gasteiger partial charge in [0.2, 0.25) is 5.88 Å². The third-order valence-electron chi connectivity index (χ3n) is 3.11. The highest BCUT2D eigenvalue weighted by Crippen LogP contribution is 2.29. The molecule has 0 saturated heterocycles. The Bertz CT molecular complexity index is 769. The first-order valence-electron chi connectivity index (χ1n) is 7.07. The lowest BCUT2D eigenvalue weighted by molar-refractivity contribution is 0.233. The van der Waals surface area contributed by atoms with Crippen LogP contribution in [0.4, 0.5) is 0 Å². The zero-order valence-corrected chi connectivity index (χ0v) is 13.1. The summed E-state index contributed by atoms with van der Waals surface area (Å²) in [5.74, 6) is 0.444. The van der Waals surface area contributed by atoms with Gasteiger partial charge in [0.1, 0.15) is 5.02 Å². The molecule has 0 aliphatic rings. The number of nitrogens with zero attached hydrogens (tertiary/aromatic N) is 2. The number of halogens is 1. The van der Waals surface area contributed by atoms with Gasteiger partial charge in [-0.05, 0) is 31.5 Å². The number of H-pyrrole nitrogens is 1. The zero-order valence-electron chi connectivity index (χ0n) is 12.4. The maximum absolute atomic E-state index is 6.22. The molecular formula is C17H16ClN3O. The normalized spacial score (nSPS) is 10.9. The number of aromatic nitrogens is 3. The largest absolute Gasteiger partial charge is 0.474 e. The van der Waals surface area contributed by atoms with Gasteiger partial charge in [-0.3, -0.25) is 5.10 Å². The smallest absolute Gasteiger partial charge is 0.232 e. The van der Waals surface area contributed by atoms with Gasteiger partial charge in [-0.15, -0.1) is 0 Å². The average Bonchev–Trinajstić information content (AvgIpc) is 3.00. The maximum Gasteiger partial charge on any atom is 0.232 e. The molecule has 0 aliphatic carbocycles. The highest BCUT2D eigenvalue weighted by atomic mass is 35.5. The lowest BCUT2D eigenvalue weighted by Crippen LogP contribution is -2.07. The molecule has 4 nitrogen and oxygen atoms in total. The topological polar surface area (TPSA) is 50.8 Å². The number of rotatable bonds is 4. The summed E-state index contributed by atoms with van der Waals surface area (Å²) in [4.78, 5) is 4.27. The minimum Gasteiger partial charge on any atom is -0.474 e. The molecule has 5 heteroatoms. The Balaban J connectivity index is 1.89. The van der Waals surface area contributed by atoms with E-state index in [1.807, 2.05) is 56.3 Å². The summed E-state index contributed by atoms with van der Waals surface area (Å²) in [6, 6.07) is 13.8. The third-order valence-corrected chi connectivity index (χ3v) is 3.38. The summed E-state index contributed by atoms with van der Waals surface area (Å²) in [5, 5.41) is 7.85. The van der Waals surface area contributed by atoms with Crippen LogP contribution in [0.1, 0.15) is 13.8 Å². The highest BCUT2D eigenvalue weighted by molar-refractivity contribution is 6.32. The van der Waals surface area contributed by atoms with E-state index in [2.05, 4.69) is 15.2 Å². The number of hydrogen-bond donors (Lipinski definition) is 1. The highest BCUT2D eigenvalue weighted by Gasteiger charge is 2.11. The molecule has 0 bridgehead atoms. The van der Waals surface area contributed by atoms with Crippen molar-refractivity contribution >= 4 is 11.6 Å². The van der Waals surface area contributed by atoms with Crippen molar-refractivity contribution in [1.82, 2.24) is 15.2 Å². The SMILES string of the molecule is CC(C)Oc1ncc(-c2cc(-c3ccccc3)[nH]n2)cc1Cl. The van der Waals surface area contributed by atoms with Gasteiger partial charge in [0.25, 0.3) is 0 Å². The Labute approximate surface area is 134 Å². The molecule has 0 radical (unpaired) electrons. The van der Waals surface area contributed by atoms with Crippen LogP contribution in [0, 0.1) is 0 Å². The van der Waals surface area contributed by atoms with Gasteiger partial charge >= 0.3 is 0 Å². The van der Waals surface area contributed by atoms with Crippen molar-refractivity contribution in [3.8, 4) is 28.4 Å². The van der Waals surface area contributed by atoms with E-state index >= 15 is 0 Å². The summed E-state index contributed by atoms with van der Waals surface area (Å²) >= 11 is 6.22. The Kier molecular flexibility index (Phi) is 4.11. The molecule has 0 spiro atoms. The van der Waals surface area contributed by atoms with Crippen molar-refractivity contribution < 1.29 is 4.74 Å². The van der Waals surface area contributed by atoms with Crippen molar-refractivity contribution in [3.63, 3.8) is 0 Å². The molecule has 2 heterocycles. The van der Waals surface area contributed by atoms with E-state index in [4.69, 9.17) is 16.3 Å². The number of aromatic amines is 1. The molecule has 0 unspecified atom stereocenters. The van der Waals surface area contributed by atoms with E-state index in [9.17, 15) is 0 Å². The standard InChI is InChI=1S/C17H16ClN3O/c1-11(2)22-17-14(18)8-13(10-19-17)16-9-15(20-21-16)12-6-4-3-5-7-12/h3-11H,1-2H3,(H,20,21). The van der Waals surface area contributed by atoms with Crippen LogP contribution in [0.2, 0.25) is 5.02 Å². The first-order chi connectivity index (χ1) is 10.6. The molecule has 0 aliphatic heterocycles. The van der Waals surface area contributed by atoms with E-state index in [-0.39, 0.29) is 6.10 Å². The number of benzene rings is 1. The van der Waals surface area contributed by atoms with E-state index < -0.39 is 0 Å². The van der Waals surface area contributed by atoms with Gasteiger partial charge < -0.3 is 4.74 Å². The number of pyridine rings is 1. The van der Waals surface area contributed by atoms with E-state index in [0.717, 1.165) is 22.5 Å². The minimum absolute atomic E-state index is 0.0333. The van der Waals surface area contributed by atoms with E-state index in [1.165, 1.54) is 0 Å². The molecule has 1 N–H and O–H groups in total. The Hall–Kier alpha value is -2.33. The predicted molar refractivity (Wildman–Crippen MR) is 88.0 cm³/mol. The molecule has 0 saturated carbocycles. The van der Waals surface area contributed by atoms with E-state index in [0.29, 0.717) is 10.9 Å². The van der Waals surface area contributed by atoms with Gasteiger partial charge in [-0.1, -0.05) is 41.9 Å². The first-order valence-corrected chi connectivity index (χ1v) is 7.44. The van der Waals surface area contributed by atoms with Crippen LogP contribution in [0.3, 0.4) is 0 Å². The zero-order chi connectivity index (χ0) is 15.5. The van der Waals surface area contributed by atoms with Gasteiger partial charge in [0.15, 0.2) is 0 Å². The van der Waals surface area contributed by atoms with Crippen LogP contribution in [0.5, 0.6) is 5.88 Å². The van der Waals surface area contributed by atoms with Crippen LogP contribution in [-0.4, -0.2) is 21.3 Å². The van der Waals surface area contributed by atoms with Crippen molar-refractivity contribution in [2.24, 2.45) is 0 Å². The average molecular weight is 314 g/mol. The van der Waals surface area contributed by atoms with Crippen LogP contribution in [0.25, 0.3) is 22.5 Å². The summed E-state index contributed by atoms with van der Waals surface area (Å²) in [6.45, 7) is 3.87. The van der Waals surface area contributed by atoms with Crippen molar-refractivity contribution in [2.75, 3.05) is 0 Å². The molecule has 1 aromatic carbocycles. The number of nitrogens with one attached hydrogen (secondary N) is 1. The van der Waals surface area contributed by atoms with Crippen LogP contribution < -0.4 is 4.74 Å². The molecule has 22 heavy (non-hydrogen) atoms. The minimum atomic E-state index is 0.0333. The van der Waals surface area contributed by atoms with Crippen molar-refractivity contribution in [1.29, 1.82) is 0 Å². The molecule has 3 aromatic rings. The van der Waals surface area contributed by atoms with Gasteiger partial charge in [0, 0.05) is 11.8 Å². The molecule has 3 rings (SSSR count). The quantitative estimate of drug-likeness (QED) is 0.767. The Morgan fingerprint density at radius 1 is 1.09 bits per heavy atom. The lowest BCUT2D eigenvalue weighted by Gasteiger charge is -2.10. The lowest BCUT2D eigenvalue weighted by atomic mass is 10.1. The van der Waals surface area contributed by atoms with Gasteiger partial charge in [-0.2, -0.15) is 5.10 Å². The summed E-state index contributed by atoms with van der Waals surface area (Å²) in [5.41, 5.74) is 3.68. The van der Waals surface area contributed by atoms with Crippen LogP contribution in [0.15, 0.2) is 48.7 Å². The third kappa shape index (κ3) is 3.12. The summed E-state index contributed by atoms with van der Waals surface area (Å²) in [7, 11) is 0.